The van der Waals surface area contributed by atoms with Crippen LogP contribution in [-0.4, -0.2) is 38.6 Å². The first kappa shape index (κ1) is 13.7. The van der Waals surface area contributed by atoms with E-state index in [2.05, 4.69) is 11.4 Å². The van der Waals surface area contributed by atoms with Crippen LogP contribution in [0, 0.1) is 0 Å². The average Bonchev–Trinajstić information content (AvgIpc) is 2.49. The van der Waals surface area contributed by atoms with Crippen LogP contribution in [0.1, 0.15) is 25.7 Å². The third-order valence-corrected chi connectivity index (χ3v) is 4.36. The zero-order chi connectivity index (χ0) is 13.8. The molecule has 1 unspecified atom stereocenters. The summed E-state index contributed by atoms with van der Waals surface area (Å²) in [7, 11) is 1.71. The molecule has 2 aliphatic heterocycles. The van der Waals surface area contributed by atoms with Crippen molar-refractivity contribution in [1.82, 2.24) is 0 Å². The van der Waals surface area contributed by atoms with Gasteiger partial charge in [-0.1, -0.05) is 12.1 Å². The highest BCUT2D eigenvalue weighted by molar-refractivity contribution is 5.56. The summed E-state index contributed by atoms with van der Waals surface area (Å²) in [5.41, 5.74) is 1.10. The van der Waals surface area contributed by atoms with Crippen LogP contribution in [0.3, 0.4) is 0 Å². The molecule has 0 bridgehead atoms. The Labute approximate surface area is 120 Å². The standard InChI is InChI=1S/C16H23NO3/c1-18-15-5-3-2-4-14(15)17-13-6-9-20-16(12-13)7-10-19-11-8-16/h2-5,13,17H,6-12H2,1H3. The Morgan fingerprint density at radius 2 is 2.00 bits per heavy atom. The van der Waals surface area contributed by atoms with Crippen molar-refractivity contribution >= 4 is 5.69 Å². The van der Waals surface area contributed by atoms with Crippen molar-refractivity contribution in [2.24, 2.45) is 0 Å². The van der Waals surface area contributed by atoms with Gasteiger partial charge < -0.3 is 19.5 Å². The largest absolute Gasteiger partial charge is 0.495 e. The molecule has 0 aromatic heterocycles. The van der Waals surface area contributed by atoms with Crippen LogP contribution in [0.2, 0.25) is 0 Å². The van der Waals surface area contributed by atoms with E-state index in [1.54, 1.807) is 7.11 Å². The minimum Gasteiger partial charge on any atom is -0.495 e. The molecule has 1 aromatic rings. The molecule has 0 saturated carbocycles. The van der Waals surface area contributed by atoms with Gasteiger partial charge in [0.15, 0.2) is 0 Å². The lowest BCUT2D eigenvalue weighted by molar-refractivity contribution is -0.135. The third kappa shape index (κ3) is 2.91. The number of benzene rings is 1. The second-order valence-electron chi connectivity index (χ2n) is 5.68. The molecule has 110 valence electrons. The summed E-state index contributed by atoms with van der Waals surface area (Å²) in [6.07, 6.45) is 4.11. The normalized spacial score (nSPS) is 25.4. The molecule has 0 radical (unpaired) electrons. The Balaban J connectivity index is 1.68. The summed E-state index contributed by atoms with van der Waals surface area (Å²) in [5, 5.41) is 3.63. The minimum absolute atomic E-state index is 0.0240. The Hall–Kier alpha value is -1.26. The van der Waals surface area contributed by atoms with E-state index in [0.29, 0.717) is 6.04 Å². The predicted octanol–water partition coefficient (Wildman–Crippen LogP) is 2.84. The van der Waals surface area contributed by atoms with Crippen LogP contribution >= 0.6 is 0 Å². The van der Waals surface area contributed by atoms with E-state index in [1.807, 2.05) is 18.2 Å². The van der Waals surface area contributed by atoms with Crippen LogP contribution in [-0.2, 0) is 9.47 Å². The number of nitrogens with one attached hydrogen (secondary N) is 1. The summed E-state index contributed by atoms with van der Waals surface area (Å²) in [5.74, 6) is 0.903. The third-order valence-electron chi connectivity index (χ3n) is 4.36. The average molecular weight is 277 g/mol. The Morgan fingerprint density at radius 1 is 1.20 bits per heavy atom. The molecule has 1 spiro atoms. The van der Waals surface area contributed by atoms with E-state index >= 15 is 0 Å². The summed E-state index contributed by atoms with van der Waals surface area (Å²) in [6.45, 7) is 2.47. The maximum Gasteiger partial charge on any atom is 0.141 e. The zero-order valence-electron chi connectivity index (χ0n) is 12.1. The number of hydrogen-bond acceptors (Lipinski definition) is 4. The molecule has 20 heavy (non-hydrogen) atoms. The topological polar surface area (TPSA) is 39.7 Å². The van der Waals surface area contributed by atoms with E-state index in [0.717, 1.165) is 56.9 Å². The highest BCUT2D eigenvalue weighted by Crippen LogP contribution is 2.36. The lowest BCUT2D eigenvalue weighted by Crippen LogP contribution is -2.47. The van der Waals surface area contributed by atoms with Crippen molar-refractivity contribution < 1.29 is 14.2 Å². The van der Waals surface area contributed by atoms with Gasteiger partial charge in [0.25, 0.3) is 0 Å². The summed E-state index contributed by atoms with van der Waals surface area (Å²) in [6, 6.07) is 8.54. The second-order valence-corrected chi connectivity index (χ2v) is 5.68. The molecule has 1 N–H and O–H groups in total. The van der Waals surface area contributed by atoms with Gasteiger partial charge in [-0.25, -0.2) is 0 Å². The number of methoxy groups -OCH3 is 1. The molecule has 1 atom stereocenters. The van der Waals surface area contributed by atoms with Crippen molar-refractivity contribution in [1.29, 1.82) is 0 Å². The van der Waals surface area contributed by atoms with Gasteiger partial charge in [0.2, 0.25) is 0 Å². The van der Waals surface area contributed by atoms with Crippen LogP contribution < -0.4 is 10.1 Å². The molecule has 0 amide bonds. The van der Waals surface area contributed by atoms with Gasteiger partial charge in [0.05, 0.1) is 18.4 Å². The first-order chi connectivity index (χ1) is 9.81. The van der Waals surface area contributed by atoms with Crippen molar-refractivity contribution in [3.63, 3.8) is 0 Å². The number of para-hydroxylation sites is 2. The molecule has 2 saturated heterocycles. The minimum atomic E-state index is 0.0240. The first-order valence-electron chi connectivity index (χ1n) is 7.43. The quantitative estimate of drug-likeness (QED) is 0.922. The first-order valence-corrected chi connectivity index (χ1v) is 7.43. The molecular formula is C16H23NO3. The van der Waals surface area contributed by atoms with Gasteiger partial charge in [-0.2, -0.15) is 0 Å². The summed E-state index contributed by atoms with van der Waals surface area (Å²) in [4.78, 5) is 0. The number of anilines is 1. The second kappa shape index (κ2) is 6.02. The lowest BCUT2D eigenvalue weighted by atomic mass is 9.84. The fourth-order valence-corrected chi connectivity index (χ4v) is 3.23. The van der Waals surface area contributed by atoms with E-state index in [-0.39, 0.29) is 5.60 Å². The molecule has 2 aliphatic rings. The molecule has 1 aromatic carbocycles. The van der Waals surface area contributed by atoms with Gasteiger partial charge in [-0.15, -0.1) is 0 Å². The van der Waals surface area contributed by atoms with Gasteiger partial charge in [-0.3, -0.25) is 0 Å². The van der Waals surface area contributed by atoms with Crippen LogP contribution in [0.25, 0.3) is 0 Å². The fraction of sp³-hybridized carbons (Fsp3) is 0.625. The maximum absolute atomic E-state index is 6.08. The molecule has 2 fully saturated rings. The van der Waals surface area contributed by atoms with E-state index in [4.69, 9.17) is 14.2 Å². The number of hydrogen-bond donors (Lipinski definition) is 1. The molecule has 4 heteroatoms. The highest BCUT2D eigenvalue weighted by Gasteiger charge is 2.39. The van der Waals surface area contributed by atoms with Crippen molar-refractivity contribution in [3.05, 3.63) is 24.3 Å². The van der Waals surface area contributed by atoms with Gasteiger partial charge in [0, 0.05) is 25.9 Å². The summed E-state index contributed by atoms with van der Waals surface area (Å²) >= 11 is 0. The van der Waals surface area contributed by atoms with Crippen LogP contribution in [0.5, 0.6) is 5.75 Å². The van der Waals surface area contributed by atoms with E-state index in [9.17, 15) is 0 Å². The van der Waals surface area contributed by atoms with E-state index in [1.165, 1.54) is 0 Å². The van der Waals surface area contributed by atoms with Gasteiger partial charge >= 0.3 is 0 Å². The molecule has 0 aliphatic carbocycles. The zero-order valence-corrected chi connectivity index (χ0v) is 12.1. The van der Waals surface area contributed by atoms with Gasteiger partial charge in [0.1, 0.15) is 5.75 Å². The molecular weight excluding hydrogens is 254 g/mol. The van der Waals surface area contributed by atoms with Crippen molar-refractivity contribution in [2.75, 3.05) is 32.2 Å². The van der Waals surface area contributed by atoms with Crippen LogP contribution in [0.4, 0.5) is 5.69 Å². The van der Waals surface area contributed by atoms with Gasteiger partial charge in [-0.05, 0) is 37.8 Å². The van der Waals surface area contributed by atoms with E-state index < -0.39 is 0 Å². The SMILES string of the molecule is COc1ccccc1NC1CCOC2(CCOCC2)C1. The lowest BCUT2D eigenvalue weighted by Gasteiger charge is -2.43. The number of rotatable bonds is 3. The highest BCUT2D eigenvalue weighted by atomic mass is 16.5. The molecule has 3 rings (SSSR count). The van der Waals surface area contributed by atoms with Crippen molar-refractivity contribution in [2.45, 2.75) is 37.3 Å². The van der Waals surface area contributed by atoms with Crippen LogP contribution in [0.15, 0.2) is 24.3 Å². The predicted molar refractivity (Wildman–Crippen MR) is 78.4 cm³/mol. The smallest absolute Gasteiger partial charge is 0.141 e. The summed E-state index contributed by atoms with van der Waals surface area (Å²) < 4.78 is 17.0. The Kier molecular flexibility index (Phi) is 4.13. The Bertz CT molecular complexity index is 438. The monoisotopic (exact) mass is 277 g/mol. The number of ether oxygens (including phenoxy) is 3. The molecule has 4 nitrogen and oxygen atoms in total. The Morgan fingerprint density at radius 3 is 2.80 bits per heavy atom. The van der Waals surface area contributed by atoms with Crippen molar-refractivity contribution in [3.8, 4) is 5.75 Å². The molecule has 2 heterocycles. The maximum atomic E-state index is 6.08. The fourth-order valence-electron chi connectivity index (χ4n) is 3.23.